The second-order valence-corrected chi connectivity index (χ2v) is 6.07. The monoisotopic (exact) mass is 336 g/mol. The van der Waals surface area contributed by atoms with Gasteiger partial charge in [0.25, 0.3) is 5.79 Å². The quantitative estimate of drug-likeness (QED) is 0.805. The van der Waals surface area contributed by atoms with Crippen LogP contribution in [-0.4, -0.2) is 42.0 Å². The molecule has 2 N–H and O–H groups in total. The third kappa shape index (κ3) is 1.98. The molecule has 1 heterocycles. The Morgan fingerprint density at radius 2 is 2.04 bits per heavy atom. The fourth-order valence-electron chi connectivity index (χ4n) is 3.72. The number of phenols is 1. The van der Waals surface area contributed by atoms with Gasteiger partial charge in [-0.25, -0.2) is 0 Å². The van der Waals surface area contributed by atoms with Crippen molar-refractivity contribution >= 4 is 11.8 Å². The molecule has 0 radical (unpaired) electrons. The van der Waals surface area contributed by atoms with Gasteiger partial charge in [-0.1, -0.05) is 6.92 Å². The van der Waals surface area contributed by atoms with Crippen molar-refractivity contribution in [3.05, 3.63) is 22.8 Å². The Balaban J connectivity index is 2.32. The zero-order chi connectivity index (χ0) is 17.7. The maximum absolute atomic E-state index is 12.7. The molecule has 24 heavy (non-hydrogen) atoms. The van der Waals surface area contributed by atoms with Gasteiger partial charge in [0.05, 0.1) is 19.1 Å². The van der Waals surface area contributed by atoms with Crippen LogP contribution in [0.3, 0.4) is 0 Å². The number of hydrogen-bond donors (Lipinski definition) is 2. The summed E-state index contributed by atoms with van der Waals surface area (Å²) in [5.41, 5.74) is -1.04. The molecular weight excluding hydrogens is 316 g/mol. The first-order chi connectivity index (χ1) is 11.3. The Kier molecular flexibility index (Phi) is 3.80. The number of aromatic hydroxyl groups is 1. The average molecular weight is 336 g/mol. The molecular formula is C17H20O7. The highest BCUT2D eigenvalue weighted by Gasteiger charge is 2.63. The molecule has 0 unspecified atom stereocenters. The number of methoxy groups -OCH3 is 2. The van der Waals surface area contributed by atoms with Crippen LogP contribution in [0.15, 0.2) is 6.07 Å². The number of esters is 1. The van der Waals surface area contributed by atoms with Crippen LogP contribution in [-0.2, 0) is 26.3 Å². The second kappa shape index (κ2) is 5.46. The van der Waals surface area contributed by atoms with Gasteiger partial charge in [0.2, 0.25) is 0 Å². The van der Waals surface area contributed by atoms with Crippen LogP contribution in [0.5, 0.6) is 11.5 Å². The van der Waals surface area contributed by atoms with Gasteiger partial charge in [0.15, 0.2) is 11.4 Å². The number of fused-ring (bicyclic) bond motifs is 3. The molecule has 7 heteroatoms. The molecule has 0 saturated carbocycles. The predicted molar refractivity (Wildman–Crippen MR) is 81.9 cm³/mol. The third-order valence-corrected chi connectivity index (χ3v) is 4.99. The third-order valence-electron chi connectivity index (χ3n) is 4.99. The van der Waals surface area contributed by atoms with Crippen LogP contribution < -0.4 is 4.74 Å². The second-order valence-electron chi connectivity index (χ2n) is 6.07. The van der Waals surface area contributed by atoms with E-state index in [1.807, 2.05) is 6.92 Å². The summed E-state index contributed by atoms with van der Waals surface area (Å²) in [6, 6.07) is 1.53. The minimum Gasteiger partial charge on any atom is -0.507 e. The highest BCUT2D eigenvalue weighted by Crippen LogP contribution is 2.54. The van der Waals surface area contributed by atoms with E-state index in [1.54, 1.807) is 0 Å². The summed E-state index contributed by atoms with van der Waals surface area (Å²) in [7, 11) is 2.72. The zero-order valence-corrected chi connectivity index (χ0v) is 13.8. The highest BCUT2D eigenvalue weighted by atomic mass is 16.7. The van der Waals surface area contributed by atoms with Crippen molar-refractivity contribution in [2.24, 2.45) is 0 Å². The van der Waals surface area contributed by atoms with E-state index >= 15 is 0 Å². The van der Waals surface area contributed by atoms with Gasteiger partial charge in [-0.3, -0.25) is 9.59 Å². The average Bonchev–Trinajstić information content (AvgIpc) is 2.56. The molecule has 2 atom stereocenters. The topological polar surface area (TPSA) is 102 Å². The summed E-state index contributed by atoms with van der Waals surface area (Å²) < 4.78 is 15.9. The van der Waals surface area contributed by atoms with Crippen molar-refractivity contribution in [2.75, 3.05) is 14.2 Å². The maximum atomic E-state index is 12.7. The molecule has 1 aliphatic heterocycles. The summed E-state index contributed by atoms with van der Waals surface area (Å²) in [4.78, 5) is 24.4. The number of hydrogen-bond acceptors (Lipinski definition) is 7. The lowest BCUT2D eigenvalue weighted by molar-refractivity contribution is -0.317. The van der Waals surface area contributed by atoms with Crippen LogP contribution in [0, 0.1) is 0 Å². The van der Waals surface area contributed by atoms with Gasteiger partial charge in [0.1, 0.15) is 11.5 Å². The van der Waals surface area contributed by atoms with E-state index in [4.69, 9.17) is 14.2 Å². The molecule has 1 aliphatic carbocycles. The summed E-state index contributed by atoms with van der Waals surface area (Å²) in [6.45, 7) is 1.83. The number of benzene rings is 1. The molecule has 0 amide bonds. The van der Waals surface area contributed by atoms with Crippen LogP contribution in [0.25, 0.3) is 0 Å². The minimum atomic E-state index is -1.79. The standard InChI is InChI=1S/C17H20O7/c1-4-9-12(22-2)7-10-14(15(9)20)11(18)8-17(23-3)16(10,21)6-5-13(19)24-17/h7,20-21H,4-6,8H2,1-3H3/t16-,17+/m1/s1. The fourth-order valence-corrected chi connectivity index (χ4v) is 3.72. The maximum Gasteiger partial charge on any atom is 0.308 e. The Morgan fingerprint density at radius 1 is 1.33 bits per heavy atom. The first-order valence-electron chi connectivity index (χ1n) is 7.79. The highest BCUT2D eigenvalue weighted by molar-refractivity contribution is 6.03. The van der Waals surface area contributed by atoms with Crippen molar-refractivity contribution in [3.8, 4) is 11.5 Å². The number of ether oxygens (including phenoxy) is 3. The Hall–Kier alpha value is -2.12. The van der Waals surface area contributed by atoms with Crippen molar-refractivity contribution in [1.29, 1.82) is 0 Å². The molecule has 1 aromatic rings. The smallest absolute Gasteiger partial charge is 0.308 e. The number of carbonyl (C=O) groups is 2. The van der Waals surface area contributed by atoms with E-state index in [2.05, 4.69) is 0 Å². The van der Waals surface area contributed by atoms with E-state index < -0.39 is 23.1 Å². The number of ketones is 1. The van der Waals surface area contributed by atoms with Gasteiger partial charge >= 0.3 is 5.97 Å². The Morgan fingerprint density at radius 3 is 2.62 bits per heavy atom. The lowest BCUT2D eigenvalue weighted by Crippen LogP contribution is -2.62. The van der Waals surface area contributed by atoms with Crippen molar-refractivity contribution in [3.63, 3.8) is 0 Å². The summed E-state index contributed by atoms with van der Waals surface area (Å²) in [5, 5.41) is 21.9. The molecule has 7 nitrogen and oxygen atoms in total. The van der Waals surface area contributed by atoms with Crippen molar-refractivity contribution in [2.45, 2.75) is 44.0 Å². The molecule has 2 aliphatic rings. The summed E-state index contributed by atoms with van der Waals surface area (Å²) in [5.74, 6) is -2.64. The van der Waals surface area contributed by atoms with Gasteiger partial charge in [-0.2, -0.15) is 0 Å². The lowest BCUT2D eigenvalue weighted by Gasteiger charge is -2.50. The Bertz CT molecular complexity index is 726. The first-order valence-corrected chi connectivity index (χ1v) is 7.79. The molecule has 1 aromatic carbocycles. The van der Waals surface area contributed by atoms with Crippen molar-refractivity contribution < 1.29 is 34.0 Å². The van der Waals surface area contributed by atoms with E-state index in [0.29, 0.717) is 17.7 Å². The predicted octanol–water partition coefficient (Wildman–Crippen LogP) is 1.42. The largest absolute Gasteiger partial charge is 0.507 e. The van der Waals surface area contributed by atoms with Gasteiger partial charge < -0.3 is 24.4 Å². The van der Waals surface area contributed by atoms with E-state index in [9.17, 15) is 19.8 Å². The van der Waals surface area contributed by atoms with Gasteiger partial charge in [-0.05, 0) is 18.9 Å². The summed E-state index contributed by atoms with van der Waals surface area (Å²) in [6.07, 6.45) is 0.0993. The molecule has 1 saturated heterocycles. The molecule has 0 spiro atoms. The number of Topliss-reactive ketones (excluding diaryl/α,β-unsaturated/α-hetero) is 1. The molecule has 3 rings (SSSR count). The van der Waals surface area contributed by atoms with Gasteiger partial charge in [0, 0.05) is 24.7 Å². The van der Waals surface area contributed by atoms with E-state index in [-0.39, 0.29) is 36.1 Å². The lowest BCUT2D eigenvalue weighted by atomic mass is 9.69. The van der Waals surface area contributed by atoms with Crippen LogP contribution in [0.1, 0.15) is 47.7 Å². The minimum absolute atomic E-state index is 0.0200. The number of phenolic OH excluding ortho intramolecular Hbond substituents is 1. The van der Waals surface area contributed by atoms with Crippen LogP contribution in [0.4, 0.5) is 0 Å². The van der Waals surface area contributed by atoms with Crippen LogP contribution >= 0.6 is 0 Å². The Labute approximate surface area is 139 Å². The first kappa shape index (κ1) is 16.7. The molecule has 1 fully saturated rings. The molecule has 0 aromatic heterocycles. The molecule has 0 bridgehead atoms. The van der Waals surface area contributed by atoms with Crippen LogP contribution in [0.2, 0.25) is 0 Å². The summed E-state index contributed by atoms with van der Waals surface area (Å²) >= 11 is 0. The normalized spacial score (nSPS) is 28.8. The zero-order valence-electron chi connectivity index (χ0n) is 13.8. The number of aliphatic hydroxyl groups is 1. The number of carbonyl (C=O) groups excluding carboxylic acids is 2. The number of rotatable bonds is 3. The SMILES string of the molecule is CCc1c(OC)cc2c(c1O)C(=O)C[C@]1(OC)OC(=O)CC[C@@]21O. The van der Waals surface area contributed by atoms with E-state index in [0.717, 1.165) is 0 Å². The fraction of sp³-hybridized carbons (Fsp3) is 0.529. The van der Waals surface area contributed by atoms with Crippen molar-refractivity contribution in [1.82, 2.24) is 0 Å². The van der Waals surface area contributed by atoms with E-state index in [1.165, 1.54) is 20.3 Å². The van der Waals surface area contributed by atoms with Gasteiger partial charge in [-0.15, -0.1) is 0 Å². The molecule has 130 valence electrons.